The van der Waals surface area contributed by atoms with Crippen LogP contribution in [0, 0.1) is 6.92 Å². The highest BCUT2D eigenvalue weighted by Gasteiger charge is 2.19. The van der Waals surface area contributed by atoms with E-state index in [1.54, 1.807) is 0 Å². The van der Waals surface area contributed by atoms with Gasteiger partial charge in [0.05, 0.1) is 19.3 Å². The molecule has 1 aromatic rings. The van der Waals surface area contributed by atoms with Crippen molar-refractivity contribution in [2.45, 2.75) is 25.9 Å². The van der Waals surface area contributed by atoms with Crippen LogP contribution in [0.5, 0.6) is 0 Å². The van der Waals surface area contributed by atoms with E-state index in [4.69, 9.17) is 9.84 Å². The van der Waals surface area contributed by atoms with Crippen molar-refractivity contribution in [1.82, 2.24) is 4.90 Å². The van der Waals surface area contributed by atoms with Crippen molar-refractivity contribution in [3.63, 3.8) is 0 Å². The summed E-state index contributed by atoms with van der Waals surface area (Å²) >= 11 is 0. The van der Waals surface area contributed by atoms with Gasteiger partial charge in [0, 0.05) is 25.2 Å². The Morgan fingerprint density at radius 2 is 2.38 bits per heavy atom. The molecule has 1 amide bonds. The first-order chi connectivity index (χ1) is 10.2. The number of ether oxygens (including phenoxy) is 1. The Morgan fingerprint density at radius 1 is 1.52 bits per heavy atom. The molecule has 1 aromatic carbocycles. The van der Waals surface area contributed by atoms with E-state index in [0.29, 0.717) is 13.0 Å². The topological polar surface area (TPSA) is 61.8 Å². The second kappa shape index (κ2) is 8.12. The van der Waals surface area contributed by atoms with Crippen LogP contribution in [0.4, 0.5) is 5.69 Å². The Balaban J connectivity index is 1.67. The third-order valence-corrected chi connectivity index (χ3v) is 3.61. The number of aliphatic hydroxyl groups excluding tert-OH is 1. The molecule has 0 aliphatic carbocycles. The van der Waals surface area contributed by atoms with E-state index in [-0.39, 0.29) is 18.6 Å². The van der Waals surface area contributed by atoms with Gasteiger partial charge >= 0.3 is 0 Å². The quantitative estimate of drug-likeness (QED) is 0.832. The Morgan fingerprint density at radius 3 is 3.14 bits per heavy atom. The monoisotopic (exact) mass is 292 g/mol. The summed E-state index contributed by atoms with van der Waals surface area (Å²) in [5.74, 6) is 0.0487. The molecule has 1 fully saturated rings. The molecule has 2 N–H and O–H groups in total. The molecule has 0 bridgehead atoms. The van der Waals surface area contributed by atoms with Gasteiger partial charge in [-0.15, -0.1) is 0 Å². The molecular weight excluding hydrogens is 268 g/mol. The fourth-order valence-corrected chi connectivity index (χ4v) is 2.50. The van der Waals surface area contributed by atoms with Crippen LogP contribution in [0.15, 0.2) is 24.3 Å². The van der Waals surface area contributed by atoms with Gasteiger partial charge in [0.1, 0.15) is 0 Å². The highest BCUT2D eigenvalue weighted by molar-refractivity contribution is 5.90. The summed E-state index contributed by atoms with van der Waals surface area (Å²) < 4.78 is 5.40. The Bertz CT molecular complexity index is 465. The molecule has 116 valence electrons. The van der Waals surface area contributed by atoms with Gasteiger partial charge in [-0.05, 0) is 37.6 Å². The van der Waals surface area contributed by atoms with Crippen LogP contribution < -0.4 is 5.32 Å². The Kier molecular flexibility index (Phi) is 6.17. The largest absolute Gasteiger partial charge is 0.394 e. The standard InChI is InChI=1S/C16H24N2O3/c1-13-4-2-5-14(10-13)17-16(20)6-3-7-18-8-9-21-15(11-18)12-19/h2,4-5,10,15,19H,3,6-9,11-12H2,1H3,(H,17,20). The number of carbonyl (C=O) groups excluding carboxylic acids is 1. The molecule has 1 saturated heterocycles. The number of nitrogens with one attached hydrogen (secondary N) is 1. The van der Waals surface area contributed by atoms with Crippen molar-refractivity contribution < 1.29 is 14.6 Å². The number of anilines is 1. The number of nitrogens with zero attached hydrogens (tertiary/aromatic N) is 1. The molecule has 0 saturated carbocycles. The first-order valence-electron chi connectivity index (χ1n) is 7.48. The molecule has 1 aliphatic heterocycles. The average Bonchev–Trinajstić information content (AvgIpc) is 2.47. The third-order valence-electron chi connectivity index (χ3n) is 3.61. The maximum absolute atomic E-state index is 11.9. The van der Waals surface area contributed by atoms with Gasteiger partial charge in [-0.2, -0.15) is 0 Å². The van der Waals surface area contributed by atoms with Crippen LogP contribution in [-0.2, 0) is 9.53 Å². The molecule has 1 aliphatic rings. The highest BCUT2D eigenvalue weighted by Crippen LogP contribution is 2.11. The number of amides is 1. The molecule has 0 aromatic heterocycles. The predicted molar refractivity (Wildman–Crippen MR) is 82.3 cm³/mol. The van der Waals surface area contributed by atoms with Gasteiger partial charge in [0.2, 0.25) is 5.91 Å². The van der Waals surface area contributed by atoms with Crippen molar-refractivity contribution in [1.29, 1.82) is 0 Å². The summed E-state index contributed by atoms with van der Waals surface area (Å²) in [5.41, 5.74) is 1.99. The second-order valence-corrected chi connectivity index (χ2v) is 5.50. The van der Waals surface area contributed by atoms with Gasteiger partial charge in [-0.25, -0.2) is 0 Å². The van der Waals surface area contributed by atoms with Gasteiger partial charge in [-0.3, -0.25) is 9.69 Å². The molecule has 1 unspecified atom stereocenters. The number of rotatable bonds is 6. The van der Waals surface area contributed by atoms with Crippen LogP contribution in [0.2, 0.25) is 0 Å². The van der Waals surface area contributed by atoms with Crippen LogP contribution in [0.1, 0.15) is 18.4 Å². The predicted octanol–water partition coefficient (Wildman–Crippen LogP) is 1.41. The minimum absolute atomic E-state index is 0.0487. The van der Waals surface area contributed by atoms with Crippen LogP contribution in [0.3, 0.4) is 0 Å². The normalized spacial score (nSPS) is 19.4. The number of hydrogen-bond acceptors (Lipinski definition) is 4. The molecule has 21 heavy (non-hydrogen) atoms. The van der Waals surface area contributed by atoms with E-state index in [2.05, 4.69) is 10.2 Å². The van der Waals surface area contributed by atoms with Crippen molar-refractivity contribution in [3.8, 4) is 0 Å². The summed E-state index contributed by atoms with van der Waals surface area (Å²) in [5, 5.41) is 12.0. The van der Waals surface area contributed by atoms with E-state index >= 15 is 0 Å². The lowest BCUT2D eigenvalue weighted by atomic mass is 10.2. The van der Waals surface area contributed by atoms with E-state index < -0.39 is 0 Å². The molecule has 5 nitrogen and oxygen atoms in total. The zero-order chi connectivity index (χ0) is 15.1. The van der Waals surface area contributed by atoms with E-state index in [1.165, 1.54) is 0 Å². The van der Waals surface area contributed by atoms with Crippen molar-refractivity contribution in [2.75, 3.05) is 38.2 Å². The molecular formula is C16H24N2O3. The minimum Gasteiger partial charge on any atom is -0.394 e. The number of benzene rings is 1. The molecule has 5 heteroatoms. The number of aryl methyl sites for hydroxylation is 1. The lowest BCUT2D eigenvalue weighted by molar-refractivity contribution is -0.116. The maximum atomic E-state index is 11.9. The van der Waals surface area contributed by atoms with E-state index in [0.717, 1.165) is 37.3 Å². The number of hydrogen-bond donors (Lipinski definition) is 2. The van der Waals surface area contributed by atoms with Gasteiger partial charge < -0.3 is 15.2 Å². The van der Waals surface area contributed by atoms with Crippen molar-refractivity contribution in [3.05, 3.63) is 29.8 Å². The molecule has 1 heterocycles. The van der Waals surface area contributed by atoms with Crippen LogP contribution in [0.25, 0.3) is 0 Å². The van der Waals surface area contributed by atoms with Crippen LogP contribution in [-0.4, -0.2) is 54.9 Å². The zero-order valence-electron chi connectivity index (χ0n) is 12.5. The van der Waals surface area contributed by atoms with E-state index in [1.807, 2.05) is 31.2 Å². The first kappa shape index (κ1) is 15.9. The number of aliphatic hydroxyl groups is 1. The van der Waals surface area contributed by atoms with Gasteiger partial charge in [0.15, 0.2) is 0 Å². The van der Waals surface area contributed by atoms with Gasteiger partial charge in [-0.1, -0.05) is 12.1 Å². The van der Waals surface area contributed by atoms with Crippen molar-refractivity contribution >= 4 is 11.6 Å². The molecule has 0 radical (unpaired) electrons. The second-order valence-electron chi connectivity index (χ2n) is 5.50. The average molecular weight is 292 g/mol. The summed E-state index contributed by atoms with van der Waals surface area (Å²) in [4.78, 5) is 14.1. The Hall–Kier alpha value is -1.43. The van der Waals surface area contributed by atoms with E-state index in [9.17, 15) is 4.79 Å². The third kappa shape index (κ3) is 5.46. The fourth-order valence-electron chi connectivity index (χ4n) is 2.50. The maximum Gasteiger partial charge on any atom is 0.224 e. The summed E-state index contributed by atoms with van der Waals surface area (Å²) in [7, 11) is 0. The lowest BCUT2D eigenvalue weighted by Crippen LogP contribution is -2.44. The van der Waals surface area contributed by atoms with Crippen molar-refractivity contribution in [2.24, 2.45) is 0 Å². The molecule has 1 atom stereocenters. The molecule has 2 rings (SSSR count). The number of morpholine rings is 1. The first-order valence-corrected chi connectivity index (χ1v) is 7.48. The summed E-state index contributed by atoms with van der Waals surface area (Å²) in [6, 6.07) is 7.81. The summed E-state index contributed by atoms with van der Waals surface area (Å²) in [6.07, 6.45) is 1.24. The fraction of sp³-hybridized carbons (Fsp3) is 0.562. The minimum atomic E-state index is -0.0835. The Labute approximate surface area is 125 Å². The smallest absolute Gasteiger partial charge is 0.224 e. The highest BCUT2D eigenvalue weighted by atomic mass is 16.5. The summed E-state index contributed by atoms with van der Waals surface area (Å²) in [6.45, 7) is 5.20. The van der Waals surface area contributed by atoms with Gasteiger partial charge in [0.25, 0.3) is 0 Å². The zero-order valence-corrected chi connectivity index (χ0v) is 12.5. The number of carbonyl (C=O) groups is 1. The lowest BCUT2D eigenvalue weighted by Gasteiger charge is -2.31. The molecule has 0 spiro atoms. The SMILES string of the molecule is Cc1cccc(NC(=O)CCCN2CCOC(CO)C2)c1. The van der Waals surface area contributed by atoms with Crippen LogP contribution >= 0.6 is 0 Å².